The first kappa shape index (κ1) is 15.4. The number of aromatic nitrogens is 2. The third-order valence-electron chi connectivity index (χ3n) is 4.53. The highest BCUT2D eigenvalue weighted by molar-refractivity contribution is 5.97. The fraction of sp³-hybridized carbons (Fsp3) is 0.200. The molecule has 0 saturated heterocycles. The molecule has 1 aliphatic rings. The molecule has 4 rings (SSSR count). The van der Waals surface area contributed by atoms with Crippen molar-refractivity contribution in [3.8, 4) is 11.4 Å². The van der Waals surface area contributed by atoms with Crippen molar-refractivity contribution >= 4 is 5.91 Å². The van der Waals surface area contributed by atoms with Crippen LogP contribution >= 0.6 is 0 Å². The average molecular weight is 333 g/mol. The van der Waals surface area contributed by atoms with E-state index in [1.165, 1.54) is 0 Å². The molecule has 1 amide bonds. The molecule has 0 atom stereocenters. The maximum atomic E-state index is 12.1. The van der Waals surface area contributed by atoms with E-state index in [-0.39, 0.29) is 5.91 Å². The molecule has 0 saturated carbocycles. The Morgan fingerprint density at radius 1 is 1.24 bits per heavy atom. The molecule has 5 heteroatoms. The summed E-state index contributed by atoms with van der Waals surface area (Å²) in [5.74, 6) is 0.837. The molecule has 25 heavy (non-hydrogen) atoms. The number of nitrogens with zero attached hydrogens (tertiary/aromatic N) is 2. The lowest BCUT2D eigenvalue weighted by molar-refractivity contribution is 0.0946. The van der Waals surface area contributed by atoms with Crippen LogP contribution < -0.4 is 10.1 Å². The zero-order valence-electron chi connectivity index (χ0n) is 14.0. The molecule has 1 aromatic heterocycles. The second kappa shape index (κ2) is 6.43. The Morgan fingerprint density at radius 2 is 2.08 bits per heavy atom. The van der Waals surface area contributed by atoms with Gasteiger partial charge >= 0.3 is 0 Å². The number of hydrogen-bond donors (Lipinski definition) is 1. The highest BCUT2D eigenvalue weighted by atomic mass is 16.5. The number of amides is 1. The number of benzene rings is 2. The predicted octanol–water partition coefficient (Wildman–Crippen LogP) is 2.76. The molecule has 0 spiro atoms. The topological polar surface area (TPSA) is 56.2 Å². The molecule has 1 aliphatic heterocycles. The smallest absolute Gasteiger partial charge is 0.251 e. The van der Waals surface area contributed by atoms with Crippen LogP contribution in [-0.4, -0.2) is 29.3 Å². The zero-order chi connectivity index (χ0) is 17.2. The third-order valence-corrected chi connectivity index (χ3v) is 4.53. The van der Waals surface area contributed by atoms with Crippen LogP contribution in [0.2, 0.25) is 0 Å². The first-order chi connectivity index (χ1) is 12.2. The highest BCUT2D eigenvalue weighted by Crippen LogP contribution is 2.28. The van der Waals surface area contributed by atoms with Crippen LogP contribution in [0.3, 0.4) is 0 Å². The van der Waals surface area contributed by atoms with Gasteiger partial charge in [0.05, 0.1) is 12.8 Å². The largest absolute Gasteiger partial charge is 0.496 e. The summed E-state index contributed by atoms with van der Waals surface area (Å²) in [6.45, 7) is 0.684. The van der Waals surface area contributed by atoms with Crippen molar-refractivity contribution in [2.45, 2.75) is 12.8 Å². The average Bonchev–Trinajstić information content (AvgIpc) is 3.17. The van der Waals surface area contributed by atoms with E-state index in [2.05, 4.69) is 22.5 Å². The molecule has 0 fully saturated rings. The summed E-state index contributed by atoms with van der Waals surface area (Å²) < 4.78 is 7.38. The number of hydrogen-bond acceptors (Lipinski definition) is 3. The minimum atomic E-state index is -0.000756. The van der Waals surface area contributed by atoms with Crippen LogP contribution in [0.15, 0.2) is 54.9 Å². The number of carbonyl (C=O) groups excluding carboxylic acids is 1. The van der Waals surface area contributed by atoms with Gasteiger partial charge in [0.1, 0.15) is 5.75 Å². The Labute approximate surface area is 146 Å². The van der Waals surface area contributed by atoms with E-state index in [4.69, 9.17) is 4.74 Å². The van der Waals surface area contributed by atoms with E-state index < -0.39 is 0 Å². The molecule has 1 N–H and O–H groups in total. The Morgan fingerprint density at radius 3 is 2.80 bits per heavy atom. The first-order valence-electron chi connectivity index (χ1n) is 8.31. The maximum Gasteiger partial charge on any atom is 0.251 e. The Bertz CT molecular complexity index is 899. The van der Waals surface area contributed by atoms with Crippen molar-refractivity contribution in [3.63, 3.8) is 0 Å². The molecule has 0 bridgehead atoms. The number of nitrogens with one attached hydrogen (secondary N) is 1. The lowest BCUT2D eigenvalue weighted by Crippen LogP contribution is -2.32. The number of carbonyl (C=O) groups is 1. The van der Waals surface area contributed by atoms with Crippen molar-refractivity contribution in [2.24, 2.45) is 0 Å². The number of fused-ring (bicyclic) bond motifs is 1. The second-order valence-electron chi connectivity index (χ2n) is 6.12. The Balaban J connectivity index is 1.63. The van der Waals surface area contributed by atoms with Crippen molar-refractivity contribution < 1.29 is 9.53 Å². The lowest BCUT2D eigenvalue weighted by Gasteiger charge is -2.19. The molecule has 2 aromatic carbocycles. The summed E-state index contributed by atoms with van der Waals surface area (Å²) in [4.78, 5) is 12.1. The fourth-order valence-corrected chi connectivity index (χ4v) is 3.23. The van der Waals surface area contributed by atoms with Crippen LogP contribution in [-0.2, 0) is 12.8 Å². The van der Waals surface area contributed by atoms with E-state index in [9.17, 15) is 4.79 Å². The number of rotatable bonds is 4. The van der Waals surface area contributed by atoms with Gasteiger partial charge in [0.15, 0.2) is 0 Å². The SMILES string of the molecule is COc1cc2c(cc1Cc1ccc(-n3cccn3)cc1)C(=O)NCC2. The van der Waals surface area contributed by atoms with Crippen LogP contribution in [0.1, 0.15) is 27.0 Å². The molecule has 5 nitrogen and oxygen atoms in total. The zero-order valence-corrected chi connectivity index (χ0v) is 14.0. The Hall–Kier alpha value is -3.08. The molecule has 126 valence electrons. The summed E-state index contributed by atoms with van der Waals surface area (Å²) in [5.41, 5.74) is 5.01. The van der Waals surface area contributed by atoms with E-state index in [1.807, 2.05) is 41.2 Å². The van der Waals surface area contributed by atoms with Gasteiger partial charge in [0.2, 0.25) is 0 Å². The summed E-state index contributed by atoms with van der Waals surface area (Å²) >= 11 is 0. The van der Waals surface area contributed by atoms with Gasteiger partial charge in [-0.25, -0.2) is 4.68 Å². The van der Waals surface area contributed by atoms with Crippen molar-refractivity contribution in [3.05, 3.63) is 77.1 Å². The van der Waals surface area contributed by atoms with Crippen molar-refractivity contribution in [1.82, 2.24) is 15.1 Å². The summed E-state index contributed by atoms with van der Waals surface area (Å²) in [5, 5.41) is 7.14. The molecule has 3 aromatic rings. The van der Waals surface area contributed by atoms with Crippen LogP contribution in [0.5, 0.6) is 5.75 Å². The third kappa shape index (κ3) is 3.01. The van der Waals surface area contributed by atoms with Crippen molar-refractivity contribution in [1.29, 1.82) is 0 Å². The molecular formula is C20H19N3O2. The van der Waals surface area contributed by atoms with Gasteiger partial charge in [-0.05, 0) is 53.4 Å². The number of methoxy groups -OCH3 is 1. The monoisotopic (exact) mass is 333 g/mol. The Kier molecular flexibility index (Phi) is 3.98. The molecule has 2 heterocycles. The molecule has 0 aliphatic carbocycles. The standard InChI is InChI=1S/C20H19N3O2/c1-25-19-13-15-7-9-21-20(24)18(15)12-16(19)11-14-3-5-17(6-4-14)23-10-2-8-22-23/h2-6,8,10,12-13H,7,9,11H2,1H3,(H,21,24). The van der Waals surface area contributed by atoms with Crippen LogP contribution in [0.4, 0.5) is 0 Å². The van der Waals surface area contributed by atoms with Gasteiger partial charge in [-0.3, -0.25) is 4.79 Å². The van der Waals surface area contributed by atoms with Crippen molar-refractivity contribution in [2.75, 3.05) is 13.7 Å². The minimum absolute atomic E-state index is 0.000756. The van der Waals surface area contributed by atoms with Gasteiger partial charge in [0, 0.05) is 30.9 Å². The minimum Gasteiger partial charge on any atom is -0.496 e. The summed E-state index contributed by atoms with van der Waals surface area (Å²) in [6, 6.07) is 14.1. The maximum absolute atomic E-state index is 12.1. The van der Waals surface area contributed by atoms with Crippen LogP contribution in [0.25, 0.3) is 5.69 Å². The quantitative estimate of drug-likeness (QED) is 0.799. The van der Waals surface area contributed by atoms with E-state index in [0.717, 1.165) is 40.1 Å². The lowest BCUT2D eigenvalue weighted by atomic mass is 9.94. The van der Waals surface area contributed by atoms with Gasteiger partial charge in [-0.1, -0.05) is 12.1 Å². The van der Waals surface area contributed by atoms with E-state index in [1.54, 1.807) is 13.3 Å². The molecule has 0 radical (unpaired) electrons. The van der Waals surface area contributed by atoms with Gasteiger partial charge in [-0.15, -0.1) is 0 Å². The fourth-order valence-electron chi connectivity index (χ4n) is 3.23. The van der Waals surface area contributed by atoms with Gasteiger partial charge in [-0.2, -0.15) is 5.10 Å². The summed E-state index contributed by atoms with van der Waals surface area (Å²) in [6.07, 6.45) is 5.23. The normalized spacial score (nSPS) is 13.2. The first-order valence-corrected chi connectivity index (χ1v) is 8.31. The van der Waals surface area contributed by atoms with E-state index >= 15 is 0 Å². The predicted molar refractivity (Wildman–Crippen MR) is 95.4 cm³/mol. The molecular weight excluding hydrogens is 314 g/mol. The highest BCUT2D eigenvalue weighted by Gasteiger charge is 2.19. The van der Waals surface area contributed by atoms with Gasteiger partial charge < -0.3 is 10.1 Å². The van der Waals surface area contributed by atoms with Crippen LogP contribution in [0, 0.1) is 0 Å². The molecule has 0 unspecified atom stereocenters. The van der Waals surface area contributed by atoms with E-state index in [0.29, 0.717) is 13.0 Å². The number of ether oxygens (including phenoxy) is 1. The summed E-state index contributed by atoms with van der Waals surface area (Å²) in [7, 11) is 1.68. The van der Waals surface area contributed by atoms with Gasteiger partial charge in [0.25, 0.3) is 5.91 Å². The second-order valence-corrected chi connectivity index (χ2v) is 6.12.